The molecule has 0 saturated heterocycles. The predicted octanol–water partition coefficient (Wildman–Crippen LogP) is 1.89. The fourth-order valence-corrected chi connectivity index (χ4v) is 1.12. The van der Waals surface area contributed by atoms with E-state index in [1.807, 2.05) is 6.07 Å². The average Bonchev–Trinajstić information content (AvgIpc) is 2.05. The van der Waals surface area contributed by atoms with E-state index in [0.717, 1.165) is 4.90 Å². The van der Waals surface area contributed by atoms with Crippen molar-refractivity contribution in [3.63, 3.8) is 0 Å². The molecule has 0 radical (unpaired) electrons. The molecule has 0 saturated carbocycles. The van der Waals surface area contributed by atoms with E-state index in [-0.39, 0.29) is 0 Å². The first kappa shape index (κ1) is 7.45. The Hall–Kier alpha value is -0.660. The van der Waals surface area contributed by atoms with Gasteiger partial charge in [0.25, 0.3) is 0 Å². The second-order valence-electron chi connectivity index (χ2n) is 1.61. The Labute approximate surface area is 68.1 Å². The molecule has 0 spiro atoms. The molecular formula is C6H4N2S2. The van der Waals surface area contributed by atoms with Crippen LogP contribution in [0.1, 0.15) is 5.56 Å². The molecule has 1 aromatic rings. The zero-order valence-corrected chi connectivity index (χ0v) is 6.69. The van der Waals surface area contributed by atoms with E-state index in [0.29, 0.717) is 5.56 Å². The molecule has 0 N–H and O–H groups in total. The van der Waals surface area contributed by atoms with Crippen LogP contribution in [0.15, 0.2) is 23.4 Å². The highest BCUT2D eigenvalue weighted by Crippen LogP contribution is 2.20. The quantitative estimate of drug-likeness (QED) is 0.514. The molecule has 0 unspecified atom stereocenters. The lowest BCUT2D eigenvalue weighted by Gasteiger charge is -1.91. The summed E-state index contributed by atoms with van der Waals surface area (Å²) in [5, 5.41) is 8.43. The van der Waals surface area contributed by atoms with Crippen LogP contribution in [0.5, 0.6) is 0 Å². The highest BCUT2D eigenvalue weighted by Gasteiger charge is 1.92. The molecule has 0 aliphatic rings. The molecule has 0 atom stereocenters. The molecule has 0 aliphatic carbocycles. The summed E-state index contributed by atoms with van der Waals surface area (Å²) in [7, 11) is 1.28. The van der Waals surface area contributed by atoms with Crippen molar-refractivity contribution in [1.82, 2.24) is 4.98 Å². The van der Waals surface area contributed by atoms with E-state index in [1.54, 1.807) is 12.3 Å². The highest BCUT2D eigenvalue weighted by atomic mass is 33.1. The van der Waals surface area contributed by atoms with Crippen LogP contribution in [0.3, 0.4) is 0 Å². The molecule has 0 amide bonds. The van der Waals surface area contributed by atoms with Crippen molar-refractivity contribution < 1.29 is 0 Å². The summed E-state index contributed by atoms with van der Waals surface area (Å²) in [6, 6.07) is 3.73. The summed E-state index contributed by atoms with van der Waals surface area (Å²) >= 11 is 3.96. The summed E-state index contributed by atoms with van der Waals surface area (Å²) in [6.45, 7) is 0. The highest BCUT2D eigenvalue weighted by molar-refractivity contribution is 8.68. The van der Waals surface area contributed by atoms with Crippen LogP contribution in [-0.2, 0) is 0 Å². The van der Waals surface area contributed by atoms with Crippen molar-refractivity contribution in [3.8, 4) is 6.07 Å². The summed E-state index contributed by atoms with van der Waals surface area (Å²) in [5.74, 6) is 0. The van der Waals surface area contributed by atoms with Gasteiger partial charge in [-0.05, 0) is 6.07 Å². The number of nitriles is 1. The minimum absolute atomic E-state index is 0.569. The van der Waals surface area contributed by atoms with Gasteiger partial charge in [0.1, 0.15) is 6.07 Å². The molecule has 50 valence electrons. The number of rotatable bonds is 1. The predicted molar refractivity (Wildman–Crippen MR) is 43.8 cm³/mol. The first-order valence-electron chi connectivity index (χ1n) is 2.53. The SMILES string of the molecule is N#Cc1cncc(SS)c1. The third kappa shape index (κ3) is 1.66. The number of thiol groups is 1. The van der Waals surface area contributed by atoms with E-state index < -0.39 is 0 Å². The summed E-state index contributed by atoms with van der Waals surface area (Å²) in [5.41, 5.74) is 0.569. The van der Waals surface area contributed by atoms with Crippen LogP contribution in [0.2, 0.25) is 0 Å². The molecule has 1 heterocycles. The number of pyridine rings is 1. The van der Waals surface area contributed by atoms with E-state index in [9.17, 15) is 0 Å². The van der Waals surface area contributed by atoms with Crippen LogP contribution in [0.25, 0.3) is 0 Å². The van der Waals surface area contributed by atoms with Crippen LogP contribution in [-0.4, -0.2) is 4.98 Å². The van der Waals surface area contributed by atoms with Gasteiger partial charge in [-0.2, -0.15) is 5.26 Å². The standard InChI is InChI=1S/C6H4N2S2/c7-2-5-1-6(10-9)4-8-3-5/h1,3-4,9H. The molecule has 4 heteroatoms. The van der Waals surface area contributed by atoms with Gasteiger partial charge < -0.3 is 0 Å². The second-order valence-corrected chi connectivity index (χ2v) is 2.81. The smallest absolute Gasteiger partial charge is 0.101 e. The fourth-order valence-electron chi connectivity index (χ4n) is 0.530. The summed E-state index contributed by atoms with van der Waals surface area (Å²) in [4.78, 5) is 4.73. The van der Waals surface area contributed by atoms with E-state index in [4.69, 9.17) is 5.26 Å². The monoisotopic (exact) mass is 168 g/mol. The molecule has 1 aromatic heterocycles. The van der Waals surface area contributed by atoms with Crippen molar-refractivity contribution in [2.24, 2.45) is 0 Å². The first-order valence-corrected chi connectivity index (χ1v) is 4.40. The van der Waals surface area contributed by atoms with Gasteiger partial charge in [-0.1, -0.05) is 10.8 Å². The van der Waals surface area contributed by atoms with Crippen LogP contribution in [0.4, 0.5) is 0 Å². The maximum atomic E-state index is 8.43. The van der Waals surface area contributed by atoms with Crippen LogP contribution >= 0.6 is 22.5 Å². The van der Waals surface area contributed by atoms with Crippen LogP contribution < -0.4 is 0 Å². The van der Waals surface area contributed by atoms with Gasteiger partial charge in [0.05, 0.1) is 5.56 Å². The Bertz CT molecular complexity index is 267. The Morgan fingerprint density at radius 2 is 2.40 bits per heavy atom. The number of hydrogen-bond acceptors (Lipinski definition) is 4. The maximum absolute atomic E-state index is 8.43. The molecule has 2 nitrogen and oxygen atoms in total. The van der Waals surface area contributed by atoms with Gasteiger partial charge >= 0.3 is 0 Å². The van der Waals surface area contributed by atoms with E-state index in [2.05, 4.69) is 16.6 Å². The van der Waals surface area contributed by atoms with Crippen molar-refractivity contribution in [3.05, 3.63) is 24.0 Å². The largest absolute Gasteiger partial charge is 0.262 e. The van der Waals surface area contributed by atoms with Gasteiger partial charge in [0, 0.05) is 17.3 Å². The van der Waals surface area contributed by atoms with Gasteiger partial charge in [-0.3, -0.25) is 4.98 Å². The van der Waals surface area contributed by atoms with Crippen molar-refractivity contribution in [2.45, 2.75) is 4.90 Å². The number of hydrogen-bond donors (Lipinski definition) is 1. The molecule has 1 rings (SSSR count). The van der Waals surface area contributed by atoms with Gasteiger partial charge in [-0.25, -0.2) is 0 Å². The normalized spacial score (nSPS) is 8.80. The van der Waals surface area contributed by atoms with E-state index >= 15 is 0 Å². The maximum Gasteiger partial charge on any atom is 0.101 e. The van der Waals surface area contributed by atoms with Crippen LogP contribution in [0, 0.1) is 11.3 Å². The zero-order valence-electron chi connectivity index (χ0n) is 4.98. The molecule has 0 fully saturated rings. The molecule has 0 aromatic carbocycles. The minimum Gasteiger partial charge on any atom is -0.262 e. The lowest BCUT2D eigenvalue weighted by atomic mass is 10.3. The zero-order chi connectivity index (χ0) is 7.40. The Balaban J connectivity index is 3.01. The number of aromatic nitrogens is 1. The Morgan fingerprint density at radius 1 is 1.60 bits per heavy atom. The third-order valence-electron chi connectivity index (χ3n) is 0.948. The molecule has 10 heavy (non-hydrogen) atoms. The Kier molecular flexibility index (Phi) is 2.60. The molecule has 0 aliphatic heterocycles. The van der Waals surface area contributed by atoms with Crippen molar-refractivity contribution >= 4 is 22.5 Å². The number of nitrogens with zero attached hydrogens (tertiary/aromatic N) is 2. The Morgan fingerprint density at radius 3 is 3.00 bits per heavy atom. The van der Waals surface area contributed by atoms with Crippen molar-refractivity contribution in [1.29, 1.82) is 5.26 Å². The lowest BCUT2D eigenvalue weighted by molar-refractivity contribution is 1.22. The van der Waals surface area contributed by atoms with Gasteiger partial charge in [-0.15, -0.1) is 11.7 Å². The van der Waals surface area contributed by atoms with Crippen molar-refractivity contribution in [2.75, 3.05) is 0 Å². The second kappa shape index (κ2) is 3.49. The summed E-state index contributed by atoms with van der Waals surface area (Å²) < 4.78 is 0. The third-order valence-corrected chi connectivity index (χ3v) is 2.01. The van der Waals surface area contributed by atoms with Gasteiger partial charge in [0.2, 0.25) is 0 Å². The summed E-state index contributed by atoms with van der Waals surface area (Å²) in [6.07, 6.45) is 3.19. The lowest BCUT2D eigenvalue weighted by Crippen LogP contribution is -1.77. The topological polar surface area (TPSA) is 36.7 Å². The minimum atomic E-state index is 0.569. The molecular weight excluding hydrogens is 164 g/mol. The van der Waals surface area contributed by atoms with Gasteiger partial charge in [0.15, 0.2) is 0 Å². The fraction of sp³-hybridized carbons (Fsp3) is 0. The van der Waals surface area contributed by atoms with E-state index in [1.165, 1.54) is 17.0 Å². The molecule has 0 bridgehead atoms. The first-order chi connectivity index (χ1) is 4.86. The average molecular weight is 168 g/mol.